The minimum absolute atomic E-state index is 0.935. The van der Waals surface area contributed by atoms with Gasteiger partial charge in [-0.1, -0.05) is 30.3 Å². The number of anilines is 1. The molecule has 3 aromatic rings. The average Bonchev–Trinajstić information content (AvgIpc) is 3.52. The van der Waals surface area contributed by atoms with Crippen molar-refractivity contribution in [3.63, 3.8) is 0 Å². The highest BCUT2D eigenvalue weighted by Crippen LogP contribution is 2.26. The molecule has 2 aromatic heterocycles. The van der Waals surface area contributed by atoms with E-state index in [2.05, 4.69) is 52.4 Å². The molecule has 15 heteroatoms. The van der Waals surface area contributed by atoms with Crippen LogP contribution < -0.4 is 4.90 Å². The van der Waals surface area contributed by atoms with E-state index >= 15 is 0 Å². The first-order valence-electron chi connectivity index (χ1n) is 11.7. The largest absolute Gasteiger partial charge is 0.490 e. The van der Waals surface area contributed by atoms with Crippen LogP contribution in [-0.4, -0.2) is 73.6 Å². The minimum Gasteiger partial charge on any atom is -0.475 e. The minimum atomic E-state index is -5.08. The second-order valence-corrected chi connectivity index (χ2v) is 8.73. The quantitative estimate of drug-likeness (QED) is 0.459. The summed E-state index contributed by atoms with van der Waals surface area (Å²) in [5, 5.41) is 19.0. The predicted molar refractivity (Wildman–Crippen MR) is 126 cm³/mol. The lowest BCUT2D eigenvalue weighted by atomic mass is 10.1. The first kappa shape index (κ1) is 29.7. The highest BCUT2D eigenvalue weighted by molar-refractivity contribution is 5.73. The molecule has 0 radical (unpaired) electrons. The van der Waals surface area contributed by atoms with E-state index in [4.69, 9.17) is 29.9 Å². The Balaban J connectivity index is 0.000000251. The Bertz CT molecular complexity index is 1250. The van der Waals surface area contributed by atoms with Gasteiger partial charge in [-0.15, -0.1) is 0 Å². The van der Waals surface area contributed by atoms with Gasteiger partial charge in [0.2, 0.25) is 0 Å². The van der Waals surface area contributed by atoms with Gasteiger partial charge in [0, 0.05) is 50.9 Å². The summed E-state index contributed by atoms with van der Waals surface area (Å²) >= 11 is 0. The zero-order valence-electron chi connectivity index (χ0n) is 20.4. The van der Waals surface area contributed by atoms with Gasteiger partial charge in [0.25, 0.3) is 0 Å². The monoisotopic (exact) mass is 561 g/mol. The van der Waals surface area contributed by atoms with Crippen LogP contribution in [-0.2, 0) is 29.1 Å². The van der Waals surface area contributed by atoms with Crippen LogP contribution in [0, 0.1) is 0 Å². The van der Waals surface area contributed by atoms with Crippen LogP contribution in [0.5, 0.6) is 0 Å². The Kier molecular flexibility index (Phi) is 9.37. The van der Waals surface area contributed by atoms with Gasteiger partial charge in [0.15, 0.2) is 5.65 Å². The molecule has 212 valence electrons. The van der Waals surface area contributed by atoms with Gasteiger partial charge in [0.05, 0.1) is 5.69 Å². The molecule has 5 rings (SSSR count). The molecule has 0 aliphatic carbocycles. The summed E-state index contributed by atoms with van der Waals surface area (Å²) in [7, 11) is 0. The van der Waals surface area contributed by atoms with Crippen LogP contribution >= 0.6 is 0 Å². The molecule has 2 aliphatic rings. The second kappa shape index (κ2) is 12.3. The summed E-state index contributed by atoms with van der Waals surface area (Å²) < 4.78 is 65.4. The molecule has 1 aromatic carbocycles. The number of aliphatic carboxylic acids is 2. The highest BCUT2D eigenvalue weighted by atomic mass is 19.4. The number of carbonyl (C=O) groups is 2. The third-order valence-corrected chi connectivity index (χ3v) is 5.86. The Morgan fingerprint density at radius 3 is 1.97 bits per heavy atom. The van der Waals surface area contributed by atoms with Gasteiger partial charge in [-0.05, 0) is 24.5 Å². The molecule has 39 heavy (non-hydrogen) atoms. The average molecular weight is 561 g/mol. The van der Waals surface area contributed by atoms with Gasteiger partial charge in [-0.2, -0.15) is 31.4 Å². The summed E-state index contributed by atoms with van der Waals surface area (Å²) in [6.45, 7) is 5.23. The van der Waals surface area contributed by atoms with E-state index in [0.29, 0.717) is 0 Å². The highest BCUT2D eigenvalue weighted by Gasteiger charge is 2.38. The normalized spacial score (nSPS) is 15.6. The molecule has 2 aliphatic heterocycles. The maximum Gasteiger partial charge on any atom is 0.490 e. The van der Waals surface area contributed by atoms with Crippen molar-refractivity contribution in [2.75, 3.05) is 24.5 Å². The van der Waals surface area contributed by atoms with E-state index in [0.717, 1.165) is 50.6 Å². The number of halogens is 6. The molecule has 1 saturated heterocycles. The van der Waals surface area contributed by atoms with Crippen LogP contribution in [0.25, 0.3) is 5.65 Å². The molecular formula is C24H25F6N5O4. The van der Waals surface area contributed by atoms with Crippen LogP contribution in [0.4, 0.5) is 32.2 Å². The summed E-state index contributed by atoms with van der Waals surface area (Å²) in [6.07, 6.45) is -4.54. The van der Waals surface area contributed by atoms with Gasteiger partial charge < -0.3 is 15.1 Å². The lowest BCUT2D eigenvalue weighted by molar-refractivity contribution is -0.193. The molecule has 2 N–H and O–H groups in total. The van der Waals surface area contributed by atoms with Crippen molar-refractivity contribution in [2.24, 2.45) is 0 Å². The van der Waals surface area contributed by atoms with Gasteiger partial charge >= 0.3 is 24.3 Å². The maximum absolute atomic E-state index is 10.6. The number of hydrogen-bond acceptors (Lipinski definition) is 6. The van der Waals surface area contributed by atoms with Crippen molar-refractivity contribution in [3.05, 3.63) is 59.4 Å². The summed E-state index contributed by atoms with van der Waals surface area (Å²) in [5.74, 6) is -4.41. The fraction of sp³-hybridized carbons (Fsp3) is 0.417. The molecular weight excluding hydrogens is 536 g/mol. The molecule has 0 bridgehead atoms. The standard InChI is InChI=1S/C20H23N5.2C2HF3O2/c1-2-6-16(7-3-1)14-23-12-8-18-17(15-23)20-21-19(9-13-25(20)22-18)24-10-4-5-11-24;2*3-2(4,5)1(6)7/h1-3,6-7,9,13H,4-5,8,10-12,14-15H2;2*(H,6,7). The Hall–Kier alpha value is -3.88. The van der Waals surface area contributed by atoms with Crippen LogP contribution in [0.15, 0.2) is 42.6 Å². The SMILES string of the molecule is O=C(O)C(F)(F)F.O=C(O)C(F)(F)F.c1ccc(CN2CCc3nn4ccc(N5CCCC5)nc4c3C2)cc1. The van der Waals surface area contributed by atoms with E-state index in [1.165, 1.54) is 29.7 Å². The fourth-order valence-corrected chi connectivity index (χ4v) is 4.04. The number of carboxylic acids is 2. The van der Waals surface area contributed by atoms with Gasteiger partial charge in [0.1, 0.15) is 5.82 Å². The van der Waals surface area contributed by atoms with E-state index in [1.54, 1.807) is 0 Å². The predicted octanol–water partition coefficient (Wildman–Crippen LogP) is 4.15. The van der Waals surface area contributed by atoms with Crippen LogP contribution in [0.2, 0.25) is 0 Å². The first-order chi connectivity index (χ1) is 18.3. The number of rotatable bonds is 3. The first-order valence-corrected chi connectivity index (χ1v) is 11.7. The van der Waals surface area contributed by atoms with Crippen molar-refractivity contribution in [2.45, 2.75) is 44.7 Å². The number of carboxylic acid groups (broad SMARTS) is 2. The van der Waals surface area contributed by atoms with Gasteiger partial charge in [-0.3, -0.25) is 4.90 Å². The molecule has 0 unspecified atom stereocenters. The van der Waals surface area contributed by atoms with Crippen molar-refractivity contribution < 1.29 is 46.1 Å². The summed E-state index contributed by atoms with van der Waals surface area (Å²) in [6, 6.07) is 12.8. The third-order valence-electron chi connectivity index (χ3n) is 5.86. The van der Waals surface area contributed by atoms with E-state index < -0.39 is 24.3 Å². The Morgan fingerprint density at radius 1 is 0.872 bits per heavy atom. The smallest absolute Gasteiger partial charge is 0.475 e. The molecule has 0 amide bonds. The second-order valence-electron chi connectivity index (χ2n) is 8.73. The van der Waals surface area contributed by atoms with Crippen molar-refractivity contribution >= 4 is 23.4 Å². The number of nitrogens with zero attached hydrogens (tertiary/aromatic N) is 5. The number of aromatic nitrogens is 3. The lowest BCUT2D eigenvalue weighted by Crippen LogP contribution is -2.29. The third kappa shape index (κ3) is 8.30. The molecule has 1 fully saturated rings. The van der Waals surface area contributed by atoms with E-state index in [1.807, 2.05) is 4.52 Å². The molecule has 9 nitrogen and oxygen atoms in total. The summed E-state index contributed by atoms with van der Waals surface area (Å²) in [4.78, 5) is 27.7. The maximum atomic E-state index is 10.6. The number of hydrogen-bond donors (Lipinski definition) is 2. The lowest BCUT2D eigenvalue weighted by Gasteiger charge is -2.26. The zero-order chi connectivity index (χ0) is 28.8. The topological polar surface area (TPSA) is 111 Å². The van der Waals surface area contributed by atoms with E-state index in [9.17, 15) is 26.3 Å². The van der Waals surface area contributed by atoms with Crippen LogP contribution in [0.1, 0.15) is 29.7 Å². The van der Waals surface area contributed by atoms with Crippen molar-refractivity contribution in [1.82, 2.24) is 19.5 Å². The Morgan fingerprint density at radius 2 is 1.44 bits per heavy atom. The summed E-state index contributed by atoms with van der Waals surface area (Å²) in [5.41, 5.74) is 4.93. The Labute approximate surface area is 218 Å². The van der Waals surface area contributed by atoms with Crippen molar-refractivity contribution in [3.8, 4) is 0 Å². The zero-order valence-corrected chi connectivity index (χ0v) is 20.4. The molecule has 0 atom stereocenters. The number of fused-ring (bicyclic) bond motifs is 3. The van der Waals surface area contributed by atoms with Crippen molar-refractivity contribution in [1.29, 1.82) is 0 Å². The number of alkyl halides is 6. The molecule has 4 heterocycles. The van der Waals surface area contributed by atoms with E-state index in [-0.39, 0.29) is 0 Å². The molecule has 0 saturated carbocycles. The van der Waals surface area contributed by atoms with Gasteiger partial charge in [-0.25, -0.2) is 19.1 Å². The number of benzene rings is 1. The molecule has 0 spiro atoms. The fourth-order valence-electron chi connectivity index (χ4n) is 4.04. The van der Waals surface area contributed by atoms with Crippen LogP contribution in [0.3, 0.4) is 0 Å².